The molecule has 1 saturated carbocycles. The summed E-state index contributed by atoms with van der Waals surface area (Å²) >= 11 is 18.3. The van der Waals surface area contributed by atoms with E-state index in [9.17, 15) is 0 Å². The molecule has 16 heavy (non-hydrogen) atoms. The van der Waals surface area contributed by atoms with Crippen LogP contribution in [0.3, 0.4) is 0 Å². The zero-order valence-electron chi connectivity index (χ0n) is 9.06. The van der Waals surface area contributed by atoms with Crippen molar-refractivity contribution in [3.63, 3.8) is 0 Å². The van der Waals surface area contributed by atoms with Crippen molar-refractivity contribution in [3.05, 3.63) is 33.8 Å². The average Bonchev–Trinajstić information content (AvgIpc) is 3.06. The first-order chi connectivity index (χ1) is 7.66. The highest BCUT2D eigenvalue weighted by Crippen LogP contribution is 2.38. The summed E-state index contributed by atoms with van der Waals surface area (Å²) in [5, 5.41) is 1.92. The third-order valence-corrected chi connectivity index (χ3v) is 4.25. The van der Waals surface area contributed by atoms with Crippen molar-refractivity contribution in [1.29, 1.82) is 0 Å². The van der Waals surface area contributed by atoms with Gasteiger partial charge in [-0.3, -0.25) is 0 Å². The lowest BCUT2D eigenvalue weighted by molar-refractivity contribution is 0.637. The van der Waals surface area contributed by atoms with Gasteiger partial charge in [-0.25, -0.2) is 0 Å². The summed E-state index contributed by atoms with van der Waals surface area (Å²) < 4.78 is 0. The van der Waals surface area contributed by atoms with Crippen molar-refractivity contribution in [2.24, 2.45) is 5.92 Å². The lowest BCUT2D eigenvalue weighted by Gasteiger charge is -2.08. The van der Waals surface area contributed by atoms with Crippen molar-refractivity contribution < 1.29 is 0 Å². The molecule has 0 saturated heterocycles. The SMILES string of the molecule is Clc1ccc(Cl)c(CCCC(Cl)C2CC2)c1. The molecule has 1 aromatic rings. The highest BCUT2D eigenvalue weighted by atomic mass is 35.5. The summed E-state index contributed by atoms with van der Waals surface area (Å²) in [4.78, 5) is 0. The third kappa shape index (κ3) is 3.55. The first kappa shape index (κ1) is 12.5. The van der Waals surface area contributed by atoms with Crippen LogP contribution >= 0.6 is 34.8 Å². The fraction of sp³-hybridized carbons (Fsp3) is 0.538. The maximum atomic E-state index is 6.26. The molecule has 2 rings (SSSR count). The highest BCUT2D eigenvalue weighted by molar-refractivity contribution is 6.33. The molecular formula is C13H15Cl3. The molecule has 1 aliphatic rings. The average molecular weight is 278 g/mol. The predicted octanol–water partition coefficient (Wildman–Crippen LogP) is 5.33. The van der Waals surface area contributed by atoms with Crippen molar-refractivity contribution >= 4 is 34.8 Å². The Labute approximate surface area is 112 Å². The standard InChI is InChI=1S/C13H15Cl3/c14-11-6-7-13(16)10(8-11)2-1-3-12(15)9-4-5-9/h6-9,12H,1-5H2. The molecule has 0 N–H and O–H groups in total. The number of aryl methyl sites for hydroxylation is 1. The van der Waals surface area contributed by atoms with E-state index in [2.05, 4.69) is 0 Å². The second-order valence-electron chi connectivity index (χ2n) is 4.48. The fourth-order valence-electron chi connectivity index (χ4n) is 1.92. The molecule has 1 unspecified atom stereocenters. The van der Waals surface area contributed by atoms with Crippen LogP contribution in [0.1, 0.15) is 31.2 Å². The van der Waals surface area contributed by atoms with Gasteiger partial charge in [0.25, 0.3) is 0 Å². The molecule has 3 heteroatoms. The van der Waals surface area contributed by atoms with Crippen molar-refractivity contribution in [1.82, 2.24) is 0 Å². The number of benzene rings is 1. The van der Waals surface area contributed by atoms with E-state index in [1.54, 1.807) is 0 Å². The van der Waals surface area contributed by atoms with Crippen molar-refractivity contribution in [2.45, 2.75) is 37.5 Å². The molecule has 0 nitrogen and oxygen atoms in total. The number of alkyl halides is 1. The van der Waals surface area contributed by atoms with Crippen LogP contribution in [-0.2, 0) is 6.42 Å². The molecule has 0 spiro atoms. The molecule has 0 aromatic heterocycles. The van der Waals surface area contributed by atoms with E-state index in [-0.39, 0.29) is 0 Å². The molecular weight excluding hydrogens is 263 g/mol. The van der Waals surface area contributed by atoms with E-state index in [0.717, 1.165) is 40.8 Å². The summed E-state index contributed by atoms with van der Waals surface area (Å²) in [6.07, 6.45) is 5.76. The zero-order valence-corrected chi connectivity index (χ0v) is 11.3. The van der Waals surface area contributed by atoms with Gasteiger partial charge in [-0.05, 0) is 61.8 Å². The quantitative estimate of drug-likeness (QED) is 0.638. The van der Waals surface area contributed by atoms with E-state index in [0.29, 0.717) is 5.38 Å². The van der Waals surface area contributed by atoms with Gasteiger partial charge in [-0.2, -0.15) is 0 Å². The Bertz CT molecular complexity index is 358. The largest absolute Gasteiger partial charge is 0.123 e. The molecule has 0 heterocycles. The summed E-state index contributed by atoms with van der Waals surface area (Å²) in [7, 11) is 0. The molecule has 0 aliphatic heterocycles. The second kappa shape index (κ2) is 5.62. The van der Waals surface area contributed by atoms with Gasteiger partial charge >= 0.3 is 0 Å². The van der Waals surface area contributed by atoms with Crippen LogP contribution in [0.2, 0.25) is 10.0 Å². The second-order valence-corrected chi connectivity index (χ2v) is 5.89. The normalized spacial score (nSPS) is 17.4. The molecule has 1 aliphatic carbocycles. The van der Waals surface area contributed by atoms with Crippen LogP contribution in [0.25, 0.3) is 0 Å². The number of hydrogen-bond acceptors (Lipinski definition) is 0. The Morgan fingerprint density at radius 2 is 2.00 bits per heavy atom. The van der Waals surface area contributed by atoms with Crippen LogP contribution in [0.4, 0.5) is 0 Å². The maximum absolute atomic E-state index is 6.26. The Morgan fingerprint density at radius 3 is 2.69 bits per heavy atom. The minimum atomic E-state index is 0.359. The Balaban J connectivity index is 1.81. The van der Waals surface area contributed by atoms with Crippen molar-refractivity contribution in [3.8, 4) is 0 Å². The number of hydrogen-bond donors (Lipinski definition) is 0. The molecule has 0 amide bonds. The Kier molecular flexibility index (Phi) is 4.41. The zero-order chi connectivity index (χ0) is 11.5. The van der Waals surface area contributed by atoms with Crippen LogP contribution in [0.15, 0.2) is 18.2 Å². The first-order valence-corrected chi connectivity index (χ1v) is 6.94. The van der Waals surface area contributed by atoms with Crippen LogP contribution < -0.4 is 0 Å². The molecule has 1 atom stereocenters. The Morgan fingerprint density at radius 1 is 1.25 bits per heavy atom. The smallest absolute Gasteiger partial charge is 0.0439 e. The van der Waals surface area contributed by atoms with Crippen LogP contribution in [0, 0.1) is 5.92 Å². The lowest BCUT2D eigenvalue weighted by Crippen LogP contribution is -2.01. The van der Waals surface area contributed by atoms with Gasteiger partial charge in [0.1, 0.15) is 0 Å². The van der Waals surface area contributed by atoms with Gasteiger partial charge in [0, 0.05) is 15.4 Å². The van der Waals surface area contributed by atoms with Gasteiger partial charge in [-0.1, -0.05) is 23.2 Å². The highest BCUT2D eigenvalue weighted by Gasteiger charge is 2.28. The minimum absolute atomic E-state index is 0.359. The summed E-state index contributed by atoms with van der Waals surface area (Å²) in [6.45, 7) is 0. The monoisotopic (exact) mass is 276 g/mol. The van der Waals surface area contributed by atoms with Crippen molar-refractivity contribution in [2.75, 3.05) is 0 Å². The number of rotatable bonds is 5. The topological polar surface area (TPSA) is 0 Å². The third-order valence-electron chi connectivity index (χ3n) is 3.07. The van der Waals surface area contributed by atoms with E-state index in [4.69, 9.17) is 34.8 Å². The van der Waals surface area contributed by atoms with Gasteiger partial charge in [-0.15, -0.1) is 11.6 Å². The predicted molar refractivity (Wildman–Crippen MR) is 71.8 cm³/mol. The molecule has 1 fully saturated rings. The lowest BCUT2D eigenvalue weighted by atomic mass is 10.1. The van der Waals surface area contributed by atoms with E-state index < -0.39 is 0 Å². The molecule has 0 radical (unpaired) electrons. The Hall–Kier alpha value is 0.0900. The van der Waals surface area contributed by atoms with Crippen LogP contribution in [-0.4, -0.2) is 5.38 Å². The summed E-state index contributed by atoms with van der Waals surface area (Å²) in [6, 6.07) is 5.63. The first-order valence-electron chi connectivity index (χ1n) is 5.75. The minimum Gasteiger partial charge on any atom is -0.123 e. The van der Waals surface area contributed by atoms with Gasteiger partial charge in [0.2, 0.25) is 0 Å². The van der Waals surface area contributed by atoms with Gasteiger partial charge in [0.15, 0.2) is 0 Å². The number of halogens is 3. The molecule has 0 bridgehead atoms. The maximum Gasteiger partial charge on any atom is 0.0439 e. The summed E-state index contributed by atoms with van der Waals surface area (Å²) in [5.41, 5.74) is 1.13. The van der Waals surface area contributed by atoms with E-state index in [1.165, 1.54) is 12.8 Å². The van der Waals surface area contributed by atoms with E-state index >= 15 is 0 Å². The fourth-order valence-corrected chi connectivity index (χ4v) is 2.73. The van der Waals surface area contributed by atoms with Crippen LogP contribution in [0.5, 0.6) is 0 Å². The van der Waals surface area contributed by atoms with Gasteiger partial charge < -0.3 is 0 Å². The molecule has 1 aromatic carbocycles. The molecule has 88 valence electrons. The van der Waals surface area contributed by atoms with Gasteiger partial charge in [0.05, 0.1) is 0 Å². The van der Waals surface area contributed by atoms with E-state index in [1.807, 2.05) is 18.2 Å². The summed E-state index contributed by atoms with van der Waals surface area (Å²) in [5.74, 6) is 0.775.